The Kier molecular flexibility index (Phi) is 9.47. The van der Waals surface area contributed by atoms with E-state index in [-0.39, 0.29) is 24.0 Å². The van der Waals surface area contributed by atoms with Crippen LogP contribution in [0.15, 0.2) is 29.3 Å². The van der Waals surface area contributed by atoms with Crippen LogP contribution in [0.3, 0.4) is 0 Å². The fourth-order valence-corrected chi connectivity index (χ4v) is 3.91. The lowest BCUT2D eigenvalue weighted by Gasteiger charge is -2.38. The number of phenols is 1. The van der Waals surface area contributed by atoms with E-state index in [1.807, 2.05) is 25.2 Å². The van der Waals surface area contributed by atoms with Crippen LogP contribution in [-0.2, 0) is 0 Å². The highest BCUT2D eigenvalue weighted by molar-refractivity contribution is 14.0. The zero-order chi connectivity index (χ0) is 18.2. The quantitative estimate of drug-likeness (QED) is 0.389. The largest absolute Gasteiger partial charge is 0.506 e. The summed E-state index contributed by atoms with van der Waals surface area (Å²) in [5.41, 5.74) is 0.927. The summed E-state index contributed by atoms with van der Waals surface area (Å²) in [6, 6.07) is 7.58. The van der Waals surface area contributed by atoms with Crippen LogP contribution >= 0.6 is 24.0 Å². The number of phenolic OH excluding ortho intramolecular Hbond substituents is 1. The van der Waals surface area contributed by atoms with Gasteiger partial charge in [-0.1, -0.05) is 25.0 Å². The second kappa shape index (κ2) is 11.6. The Morgan fingerprint density at radius 1 is 1.00 bits per heavy atom. The van der Waals surface area contributed by atoms with Crippen molar-refractivity contribution in [2.75, 3.05) is 64.3 Å². The predicted molar refractivity (Wildman–Crippen MR) is 124 cm³/mol. The first-order chi connectivity index (χ1) is 12.8. The van der Waals surface area contributed by atoms with E-state index in [0.717, 1.165) is 50.9 Å². The van der Waals surface area contributed by atoms with Crippen molar-refractivity contribution in [1.82, 2.24) is 15.1 Å². The van der Waals surface area contributed by atoms with Crippen LogP contribution < -0.4 is 10.2 Å². The van der Waals surface area contributed by atoms with Gasteiger partial charge in [-0.15, -0.1) is 24.0 Å². The molecule has 2 aliphatic rings. The van der Waals surface area contributed by atoms with E-state index in [1.54, 1.807) is 6.07 Å². The van der Waals surface area contributed by atoms with Gasteiger partial charge in [0.1, 0.15) is 5.75 Å². The average molecular weight is 487 g/mol. The highest BCUT2D eigenvalue weighted by atomic mass is 127. The molecule has 0 amide bonds. The minimum Gasteiger partial charge on any atom is -0.506 e. The molecule has 0 spiro atoms. The highest BCUT2D eigenvalue weighted by Crippen LogP contribution is 2.27. The first-order valence-electron chi connectivity index (χ1n) is 9.99. The van der Waals surface area contributed by atoms with Crippen LogP contribution in [0, 0.1) is 0 Å². The lowest BCUT2D eigenvalue weighted by molar-refractivity contribution is 0.286. The molecular formula is C20H34IN5O. The van der Waals surface area contributed by atoms with E-state index in [4.69, 9.17) is 0 Å². The molecule has 0 bridgehead atoms. The van der Waals surface area contributed by atoms with E-state index >= 15 is 0 Å². The third-order valence-corrected chi connectivity index (χ3v) is 5.42. The number of guanidine groups is 1. The average Bonchev–Trinajstić information content (AvgIpc) is 2.95. The van der Waals surface area contributed by atoms with Gasteiger partial charge in [0.2, 0.25) is 0 Å². The van der Waals surface area contributed by atoms with Crippen molar-refractivity contribution in [3.63, 3.8) is 0 Å². The van der Waals surface area contributed by atoms with Crippen molar-refractivity contribution in [1.29, 1.82) is 0 Å². The number of anilines is 1. The molecular weight excluding hydrogens is 453 g/mol. The van der Waals surface area contributed by atoms with E-state index in [0.29, 0.717) is 5.75 Å². The van der Waals surface area contributed by atoms with Crippen molar-refractivity contribution in [3.05, 3.63) is 24.3 Å². The summed E-state index contributed by atoms with van der Waals surface area (Å²) in [6.45, 7) is 8.13. The highest BCUT2D eigenvalue weighted by Gasteiger charge is 2.21. The molecule has 1 aromatic carbocycles. The van der Waals surface area contributed by atoms with Crippen LogP contribution in [-0.4, -0.2) is 80.3 Å². The molecule has 2 N–H and O–H groups in total. The number of nitrogens with one attached hydrogen (secondary N) is 1. The normalized spacial score (nSPS) is 19.4. The standard InChI is InChI=1S/C20H33N5O.HI/c1-21-20(22-10-13-23-11-6-2-3-7-12-23)25-16-14-24(15-17-25)18-8-4-5-9-19(18)26;/h4-5,8-9,26H,2-3,6-7,10-17H2,1H3,(H,21,22);1H. The molecule has 0 unspecified atom stereocenters. The Morgan fingerprint density at radius 3 is 2.30 bits per heavy atom. The number of likely N-dealkylation sites (tertiary alicyclic amines) is 1. The van der Waals surface area contributed by atoms with Crippen molar-refractivity contribution in [3.8, 4) is 5.75 Å². The number of para-hydroxylation sites is 2. The molecule has 0 aliphatic carbocycles. The van der Waals surface area contributed by atoms with Gasteiger partial charge in [-0.05, 0) is 38.1 Å². The molecule has 2 heterocycles. The molecule has 0 radical (unpaired) electrons. The number of aliphatic imine (C=N–C) groups is 1. The third kappa shape index (κ3) is 6.41. The minimum absolute atomic E-state index is 0. The van der Waals surface area contributed by atoms with Gasteiger partial charge < -0.3 is 25.1 Å². The number of halogens is 1. The molecule has 2 aliphatic heterocycles. The number of benzene rings is 1. The Morgan fingerprint density at radius 2 is 1.67 bits per heavy atom. The number of hydrogen-bond acceptors (Lipinski definition) is 4. The first-order valence-corrected chi connectivity index (χ1v) is 9.99. The molecule has 27 heavy (non-hydrogen) atoms. The summed E-state index contributed by atoms with van der Waals surface area (Å²) in [6.07, 6.45) is 5.44. The molecule has 3 rings (SSSR count). The fourth-order valence-electron chi connectivity index (χ4n) is 3.91. The van der Waals surface area contributed by atoms with Crippen molar-refractivity contribution < 1.29 is 5.11 Å². The zero-order valence-electron chi connectivity index (χ0n) is 16.4. The van der Waals surface area contributed by atoms with E-state index < -0.39 is 0 Å². The SMILES string of the molecule is CN=C(NCCN1CCCCCC1)N1CCN(c2ccccc2O)CC1.I. The Bertz CT molecular complexity index is 581. The van der Waals surface area contributed by atoms with Crippen molar-refractivity contribution >= 4 is 35.6 Å². The van der Waals surface area contributed by atoms with E-state index in [1.165, 1.54) is 38.8 Å². The smallest absolute Gasteiger partial charge is 0.193 e. The maximum atomic E-state index is 10.0. The third-order valence-electron chi connectivity index (χ3n) is 5.42. The first kappa shape index (κ1) is 22.1. The summed E-state index contributed by atoms with van der Waals surface area (Å²) in [7, 11) is 1.86. The number of rotatable bonds is 4. The molecule has 6 nitrogen and oxygen atoms in total. The fraction of sp³-hybridized carbons (Fsp3) is 0.650. The zero-order valence-corrected chi connectivity index (χ0v) is 18.8. The van der Waals surface area contributed by atoms with Gasteiger partial charge in [0.25, 0.3) is 0 Å². The molecule has 0 aromatic heterocycles. The van der Waals surface area contributed by atoms with Gasteiger partial charge in [-0.2, -0.15) is 0 Å². The number of piperazine rings is 1. The summed E-state index contributed by atoms with van der Waals surface area (Å²) < 4.78 is 0. The predicted octanol–water partition coefficient (Wildman–Crippen LogP) is 2.58. The summed E-state index contributed by atoms with van der Waals surface area (Å²) >= 11 is 0. The van der Waals surface area contributed by atoms with Crippen LogP contribution in [0.25, 0.3) is 0 Å². The molecule has 1 aromatic rings. The Balaban J connectivity index is 0.00000261. The molecule has 2 fully saturated rings. The summed E-state index contributed by atoms with van der Waals surface area (Å²) in [4.78, 5) is 11.6. The van der Waals surface area contributed by atoms with Gasteiger partial charge in [-0.25, -0.2) is 0 Å². The monoisotopic (exact) mass is 487 g/mol. The summed E-state index contributed by atoms with van der Waals surface area (Å²) in [5, 5.41) is 13.6. The number of nitrogens with zero attached hydrogens (tertiary/aromatic N) is 4. The molecule has 0 saturated carbocycles. The summed E-state index contributed by atoms with van der Waals surface area (Å²) in [5.74, 6) is 1.36. The van der Waals surface area contributed by atoms with Gasteiger partial charge >= 0.3 is 0 Å². The van der Waals surface area contributed by atoms with E-state index in [2.05, 4.69) is 25.0 Å². The lowest BCUT2D eigenvalue weighted by atomic mass is 10.2. The number of aromatic hydroxyl groups is 1. The number of hydrogen-bond donors (Lipinski definition) is 2. The van der Waals surface area contributed by atoms with E-state index in [9.17, 15) is 5.11 Å². The van der Waals surface area contributed by atoms with Gasteiger partial charge in [-0.3, -0.25) is 4.99 Å². The van der Waals surface area contributed by atoms with Crippen molar-refractivity contribution in [2.24, 2.45) is 4.99 Å². The van der Waals surface area contributed by atoms with Crippen LogP contribution in [0.1, 0.15) is 25.7 Å². The second-order valence-corrected chi connectivity index (χ2v) is 7.19. The molecule has 7 heteroatoms. The molecule has 0 atom stereocenters. The van der Waals surface area contributed by atoms with Crippen molar-refractivity contribution in [2.45, 2.75) is 25.7 Å². The van der Waals surface area contributed by atoms with Crippen LogP contribution in [0.5, 0.6) is 5.75 Å². The van der Waals surface area contributed by atoms with Gasteiger partial charge in [0.05, 0.1) is 5.69 Å². The Hall–Kier alpha value is -1.22. The topological polar surface area (TPSA) is 54.3 Å². The van der Waals surface area contributed by atoms with Gasteiger partial charge in [0, 0.05) is 46.3 Å². The van der Waals surface area contributed by atoms with Crippen LogP contribution in [0.4, 0.5) is 5.69 Å². The second-order valence-electron chi connectivity index (χ2n) is 7.19. The van der Waals surface area contributed by atoms with Crippen LogP contribution in [0.2, 0.25) is 0 Å². The minimum atomic E-state index is 0. The molecule has 152 valence electrons. The Labute approximate surface area is 180 Å². The lowest BCUT2D eigenvalue weighted by Crippen LogP contribution is -2.53. The molecule has 2 saturated heterocycles. The maximum absolute atomic E-state index is 10.0. The van der Waals surface area contributed by atoms with Gasteiger partial charge in [0.15, 0.2) is 5.96 Å². The maximum Gasteiger partial charge on any atom is 0.193 e.